The number of halogens is 3. The van der Waals surface area contributed by atoms with E-state index in [1.165, 1.54) is 6.92 Å². The second kappa shape index (κ2) is 71.9. The van der Waals surface area contributed by atoms with Crippen molar-refractivity contribution >= 4 is 139 Å². The van der Waals surface area contributed by atoms with Crippen LogP contribution in [0.2, 0.25) is 0 Å². The molecule has 3 aliphatic rings. The number of morpholine rings is 2. The molecule has 35 nitrogen and oxygen atoms in total. The molecule has 9 N–H and O–H groups in total. The van der Waals surface area contributed by atoms with E-state index < -0.39 is 30.4 Å². The number of quaternary nitrogens is 6. The van der Waals surface area contributed by atoms with Gasteiger partial charge in [-0.25, -0.2) is 19.2 Å². The van der Waals surface area contributed by atoms with E-state index in [1.807, 2.05) is 28.1 Å². The van der Waals surface area contributed by atoms with E-state index in [9.17, 15) is 67.7 Å². The van der Waals surface area contributed by atoms with Crippen molar-refractivity contribution in [3.63, 3.8) is 0 Å². The second-order valence-electron chi connectivity index (χ2n) is 28.3. The van der Waals surface area contributed by atoms with Gasteiger partial charge in [0.15, 0.2) is 24.7 Å². The average Bonchev–Trinajstić information content (AvgIpc) is 1.46. The number of likely N-dealkylation sites (N-methyl/N-ethyl adjacent to an activating group) is 6. The Balaban J connectivity index is -0.000000109. The SMILES string of the molecule is C=C(C)C(=O)CCC[N+]1(C)CCOC(=O)C1.C=C(C)C(=O)CCC[N+]1(C)CCOC(=O)CC1.C=C(C)C(=O)NCC[N+](C)(CCO)CC(=O)[O-].C=C(C)C(=O)NCC[N+](C)(CCO)CCC(=O)O.C=C(C)C(=O)OCC[N+](C)(CCO)CC(=O)[O-].C=C(C)C(=O)OCC[N+]1(C)CCOC(=O)C1.[B]C[O-].[CH2-]CC.[H+].[H+].[H+].[I][V]([I])[I].[OH-].[OH-].[OH-]. The Kier molecular flexibility index (Phi) is 80.0. The van der Waals surface area contributed by atoms with Crippen LogP contribution in [0.3, 0.4) is 0 Å². The van der Waals surface area contributed by atoms with Gasteiger partial charge in [-0.2, -0.15) is 12.9 Å². The number of nitrogens with zero attached hydrogens (tertiary/aromatic N) is 6. The maximum Gasteiger partial charge on any atom is -0.870 e. The van der Waals surface area contributed by atoms with Crippen molar-refractivity contribution in [2.75, 3.05) is 233 Å². The Labute approximate surface area is 719 Å². The number of Topliss-reactive ketones (excluding diaryl/α,β-unsaturated/α-hetero) is 2. The number of carbonyl (C=O) groups excluding carboxylic acids is 11. The molecule has 3 saturated heterocycles. The predicted molar refractivity (Wildman–Crippen MR) is 449 cm³/mol. The summed E-state index contributed by atoms with van der Waals surface area (Å²) in [6.45, 7) is 47.1. The fraction of sp³-hybridized carbons (Fsp3) is 0.662. The summed E-state index contributed by atoms with van der Waals surface area (Å²) < 4.78 is 27.3. The number of aliphatic hydroxyl groups is 3. The van der Waals surface area contributed by atoms with Crippen molar-refractivity contribution in [3.05, 3.63) is 79.8 Å². The van der Waals surface area contributed by atoms with Crippen LogP contribution in [0.25, 0.3) is 0 Å². The molecule has 2 radical (unpaired) electrons. The van der Waals surface area contributed by atoms with Crippen LogP contribution in [0.5, 0.6) is 0 Å². The molecule has 0 spiro atoms. The normalized spacial score (nSPS) is 17.6. The number of aliphatic carboxylic acids is 3. The number of carboxylic acids is 3. The number of rotatable bonds is 39. The Hall–Kier alpha value is -5.20. The Bertz CT molecular complexity index is 2860. The number of esters is 5. The second-order valence-corrected chi connectivity index (χ2v) is 63.7. The zero-order chi connectivity index (χ0) is 87.4. The molecule has 662 valence electrons. The van der Waals surface area contributed by atoms with Gasteiger partial charge in [0.2, 0.25) is 11.8 Å². The molecule has 0 aromatic rings. The molecular formula is C74H137BI3N8O27V+2. The molecule has 0 aliphatic carbocycles. The maximum atomic E-state index is 11.4. The van der Waals surface area contributed by atoms with Gasteiger partial charge in [0, 0.05) is 55.8 Å². The average molecular weight is 2010 g/mol. The van der Waals surface area contributed by atoms with Crippen LogP contribution in [0.15, 0.2) is 72.9 Å². The molecule has 114 heavy (non-hydrogen) atoms. The van der Waals surface area contributed by atoms with Crippen molar-refractivity contribution in [1.82, 2.24) is 10.6 Å². The molecule has 0 aromatic heterocycles. The van der Waals surface area contributed by atoms with Gasteiger partial charge in [-0.15, -0.1) is 0 Å². The molecule has 6 unspecified atom stereocenters. The Morgan fingerprint density at radius 1 is 0.535 bits per heavy atom. The van der Waals surface area contributed by atoms with Gasteiger partial charge in [0.1, 0.15) is 98.5 Å². The molecular weight excluding hydrogens is 1880 g/mol. The Morgan fingerprint density at radius 3 is 1.18 bits per heavy atom. The van der Waals surface area contributed by atoms with Gasteiger partial charge in [-0.1, -0.05) is 46.4 Å². The molecule has 6 atom stereocenters. The number of aliphatic hydroxyl groups excluding tert-OH is 3. The van der Waals surface area contributed by atoms with E-state index in [-0.39, 0.29) is 134 Å². The third kappa shape index (κ3) is 75.5. The molecule has 3 heterocycles. The predicted octanol–water partition coefficient (Wildman–Crippen LogP) is 0.249. The third-order valence-corrected chi connectivity index (χ3v) is 16.6. The van der Waals surface area contributed by atoms with E-state index in [4.69, 9.17) is 49.2 Å². The van der Waals surface area contributed by atoms with Gasteiger partial charge in [-0.05, 0) is 52.7 Å². The smallest absolute Gasteiger partial charge is 0.870 e. The summed E-state index contributed by atoms with van der Waals surface area (Å²) in [6, 6.07) is 0. The van der Waals surface area contributed by atoms with Crippen molar-refractivity contribution < 1.29 is 169 Å². The standard InChI is InChI=1S/C13H22NO3.C12H22N2O4.C12H20NO3.C11H20N2O4.C11H19NO5.C11H18NO4.C3H7.CH2BO.3HI.3H2O.V/c1-11(2)12(15)5-4-7-14(3)8-6-13(16)17-10-9-14;1-10(2)12(18)13-5-7-14(3,8-9-15)6-4-11(16)17;1-10(2)11(14)5-4-6-13(3)7-8-16-12(15)9-13;1-9(2)11(17)12-4-5-13(3,6-7-14)8-10(15)16;1-9(2)11(16)17-7-5-12(3,4-6-13)8-10(14)15;1-9(2)11(14)16-7-5-12(3)4-6-15-10(13)8-12;1-3-2;2-1-3;;;;;;;/h1,4-10H2,2-3H3;15H,1,4-9H2,2-3H3,(H-,13,16,17,18);1,4-9H2,2-3H3;14H,1,4-8H2,2-3H3,(H-,12,15,16,17);13H,1,4-8H2,2-3H3;1,4-8H2,2-3H3;1,3H2,2H3;1H2;3*1H;3*1H2;/q+1;;+1;;;+1;2*-1;;;;;;;+3/p-2. The first-order chi connectivity index (χ1) is 51.3. The summed E-state index contributed by atoms with van der Waals surface area (Å²) in [6.07, 6.45) is 4.25. The van der Waals surface area contributed by atoms with E-state index in [0.29, 0.717) is 165 Å². The van der Waals surface area contributed by atoms with Crippen molar-refractivity contribution in [2.24, 2.45) is 0 Å². The minimum Gasteiger partial charge on any atom is -0.870 e. The van der Waals surface area contributed by atoms with Crippen LogP contribution in [-0.2, 0) is 86.1 Å². The third-order valence-electron chi connectivity index (χ3n) is 16.6. The zero-order valence-electron chi connectivity index (χ0n) is 72.5. The minimum absolute atomic E-state index is 0. The number of ether oxygens (including phenoxy) is 5. The first kappa shape index (κ1) is 127. The minimum atomic E-state index is -1.20. The molecule has 2 amide bonds. The first-order valence-corrected chi connectivity index (χ1v) is 49.5. The maximum absolute atomic E-state index is 11.4. The number of ketones is 2. The molecule has 0 aromatic carbocycles. The molecule has 3 rings (SSSR count). The number of hydrogen-bond donors (Lipinski definition) is 6. The number of amides is 2. The summed E-state index contributed by atoms with van der Waals surface area (Å²) in [7, 11) is 15.6. The van der Waals surface area contributed by atoms with Gasteiger partial charge < -0.3 is 130 Å². The number of cyclic esters (lactones) is 3. The van der Waals surface area contributed by atoms with Crippen LogP contribution in [0.1, 0.15) is 97.7 Å². The number of hydrogen-bond acceptors (Lipinski definition) is 26. The fourth-order valence-electron chi connectivity index (χ4n) is 9.57. The zero-order valence-corrected chi connectivity index (χ0v) is 77.4. The van der Waals surface area contributed by atoms with Crippen LogP contribution >= 0.6 is 59.9 Å². The molecule has 40 heteroatoms. The summed E-state index contributed by atoms with van der Waals surface area (Å²) in [4.78, 5) is 132. The number of nitrogens with one attached hydrogen (secondary N) is 2. The quantitative estimate of drug-likeness (QED) is 0.00913. The van der Waals surface area contributed by atoms with Gasteiger partial charge in [0.25, 0.3) is 0 Å². The molecule has 0 bridgehead atoms. The van der Waals surface area contributed by atoms with Gasteiger partial charge >= 0.3 is 105 Å². The van der Waals surface area contributed by atoms with E-state index >= 15 is 0 Å². The molecule has 3 fully saturated rings. The monoisotopic (exact) mass is 2010 g/mol. The largest absolute Gasteiger partial charge is 0.870 e. The van der Waals surface area contributed by atoms with E-state index in [0.717, 1.165) is 63.0 Å². The van der Waals surface area contributed by atoms with Crippen molar-refractivity contribution in [1.29, 1.82) is 0 Å². The summed E-state index contributed by atoms with van der Waals surface area (Å²) in [5.74, 6) is -4.77. The van der Waals surface area contributed by atoms with Crippen LogP contribution < -0.4 is 26.0 Å². The van der Waals surface area contributed by atoms with Gasteiger partial charge in [-0.3, -0.25) is 28.8 Å². The van der Waals surface area contributed by atoms with Gasteiger partial charge in [0.05, 0.1) is 139 Å². The van der Waals surface area contributed by atoms with Crippen LogP contribution in [0, 0.1) is 6.92 Å². The van der Waals surface area contributed by atoms with Crippen LogP contribution in [0.4, 0.5) is 0 Å². The van der Waals surface area contributed by atoms with E-state index in [1.54, 1.807) is 48.7 Å². The van der Waals surface area contributed by atoms with Crippen LogP contribution in [-0.4, -0.2) is 375 Å². The van der Waals surface area contributed by atoms with E-state index in [2.05, 4.69) is 132 Å². The summed E-state index contributed by atoms with van der Waals surface area (Å²) in [5.41, 5.74) is 2.77. The summed E-state index contributed by atoms with van der Waals surface area (Å²) >= 11 is 7.39. The Morgan fingerprint density at radius 2 is 0.851 bits per heavy atom. The number of carbonyl (C=O) groups is 12. The number of carboxylic acid groups (broad SMARTS) is 3. The summed E-state index contributed by atoms with van der Waals surface area (Å²) in [5, 5.41) is 70.6. The first-order valence-electron chi connectivity index (χ1n) is 35.9. The van der Waals surface area contributed by atoms with Crippen molar-refractivity contribution in [3.8, 4) is 0 Å². The topological polar surface area (TPSA) is 515 Å². The fourth-order valence-corrected chi connectivity index (χ4v) is 9.57. The molecule has 0 saturated carbocycles. The number of allylic oxidation sites excluding steroid dienone is 2. The van der Waals surface area contributed by atoms with Crippen molar-refractivity contribution in [2.45, 2.75) is 93.4 Å². The molecule has 3 aliphatic heterocycles.